The maximum absolute atomic E-state index is 12.3. The SMILES string of the molecule is Cc1ccc(NC(=O)CSc2nc(-c3ccc(Cl)cc3)nc3cc(=O)[nH]n23)cc1. The molecule has 2 aromatic heterocycles. The Labute approximate surface area is 175 Å². The molecule has 4 aromatic rings. The predicted octanol–water partition coefficient (Wildman–Crippen LogP) is 3.78. The summed E-state index contributed by atoms with van der Waals surface area (Å²) in [5, 5.41) is 6.57. The van der Waals surface area contributed by atoms with E-state index in [-0.39, 0.29) is 17.2 Å². The summed E-state index contributed by atoms with van der Waals surface area (Å²) < 4.78 is 1.48. The first-order valence-electron chi connectivity index (χ1n) is 8.73. The van der Waals surface area contributed by atoms with Gasteiger partial charge in [0.15, 0.2) is 16.6 Å². The van der Waals surface area contributed by atoms with Gasteiger partial charge in [-0.3, -0.25) is 14.7 Å². The average Bonchev–Trinajstić information content (AvgIpc) is 3.08. The number of aromatic amines is 1. The Morgan fingerprint density at radius 1 is 1.14 bits per heavy atom. The molecule has 0 aliphatic carbocycles. The second kappa shape index (κ2) is 8.10. The number of aryl methyl sites for hydroxylation is 1. The highest BCUT2D eigenvalue weighted by Crippen LogP contribution is 2.23. The molecule has 7 nitrogen and oxygen atoms in total. The maximum Gasteiger partial charge on any atom is 0.266 e. The molecule has 4 rings (SSSR count). The van der Waals surface area contributed by atoms with Crippen LogP contribution in [0.5, 0.6) is 0 Å². The van der Waals surface area contributed by atoms with Crippen molar-refractivity contribution in [1.29, 1.82) is 0 Å². The predicted molar refractivity (Wildman–Crippen MR) is 115 cm³/mol. The summed E-state index contributed by atoms with van der Waals surface area (Å²) >= 11 is 7.16. The van der Waals surface area contributed by atoms with Crippen molar-refractivity contribution in [3.8, 4) is 11.4 Å². The van der Waals surface area contributed by atoms with Crippen molar-refractivity contribution in [2.24, 2.45) is 0 Å². The molecule has 146 valence electrons. The van der Waals surface area contributed by atoms with Crippen molar-refractivity contribution < 1.29 is 4.79 Å². The van der Waals surface area contributed by atoms with Crippen LogP contribution >= 0.6 is 23.4 Å². The Morgan fingerprint density at radius 3 is 2.59 bits per heavy atom. The first-order chi connectivity index (χ1) is 14.0. The number of nitrogens with one attached hydrogen (secondary N) is 2. The second-order valence-electron chi connectivity index (χ2n) is 6.35. The Hall–Kier alpha value is -3.10. The molecule has 0 saturated carbocycles. The molecular weight excluding hydrogens is 410 g/mol. The smallest absolute Gasteiger partial charge is 0.266 e. The number of thioether (sulfide) groups is 1. The number of hydrogen-bond donors (Lipinski definition) is 2. The summed E-state index contributed by atoms with van der Waals surface area (Å²) in [6.07, 6.45) is 0. The molecule has 2 N–H and O–H groups in total. The van der Waals surface area contributed by atoms with Crippen molar-refractivity contribution in [1.82, 2.24) is 19.6 Å². The van der Waals surface area contributed by atoms with Crippen LogP contribution < -0.4 is 10.9 Å². The van der Waals surface area contributed by atoms with Crippen LogP contribution in [-0.4, -0.2) is 31.2 Å². The van der Waals surface area contributed by atoms with Gasteiger partial charge in [0, 0.05) is 22.3 Å². The van der Waals surface area contributed by atoms with Gasteiger partial charge in [0.1, 0.15) is 0 Å². The van der Waals surface area contributed by atoms with E-state index in [9.17, 15) is 9.59 Å². The van der Waals surface area contributed by atoms with Crippen LogP contribution in [0.4, 0.5) is 5.69 Å². The molecular formula is C20H16ClN5O2S. The van der Waals surface area contributed by atoms with Gasteiger partial charge in [0.25, 0.3) is 5.56 Å². The van der Waals surface area contributed by atoms with E-state index in [0.717, 1.165) is 16.8 Å². The van der Waals surface area contributed by atoms with E-state index in [1.54, 1.807) is 24.3 Å². The molecule has 2 heterocycles. The number of aromatic nitrogens is 4. The quantitative estimate of drug-likeness (QED) is 0.475. The molecule has 0 bridgehead atoms. The molecule has 0 unspecified atom stereocenters. The fraction of sp³-hybridized carbons (Fsp3) is 0.100. The number of H-pyrrole nitrogens is 1. The number of carbonyl (C=O) groups is 1. The van der Waals surface area contributed by atoms with Crippen molar-refractivity contribution >= 4 is 40.6 Å². The van der Waals surface area contributed by atoms with E-state index in [1.165, 1.54) is 22.3 Å². The van der Waals surface area contributed by atoms with Gasteiger partial charge in [0.2, 0.25) is 5.91 Å². The standard InChI is InChI=1S/C20H16ClN5O2S/c1-12-2-8-15(9-3-12)22-18(28)11-29-20-24-19(13-4-6-14(21)7-5-13)23-16-10-17(27)25-26(16)20/h2-10H,11H2,1H3,(H,22,28)(H,25,27). The Kier molecular flexibility index (Phi) is 5.37. The second-order valence-corrected chi connectivity index (χ2v) is 7.73. The van der Waals surface area contributed by atoms with Crippen LogP contribution in [0, 0.1) is 6.92 Å². The number of benzene rings is 2. The number of carbonyl (C=O) groups excluding carboxylic acids is 1. The summed E-state index contributed by atoms with van der Waals surface area (Å²) in [7, 11) is 0. The van der Waals surface area contributed by atoms with E-state index in [1.807, 2.05) is 31.2 Å². The highest BCUT2D eigenvalue weighted by atomic mass is 35.5. The lowest BCUT2D eigenvalue weighted by atomic mass is 10.2. The maximum atomic E-state index is 12.3. The largest absolute Gasteiger partial charge is 0.325 e. The van der Waals surface area contributed by atoms with Gasteiger partial charge >= 0.3 is 0 Å². The van der Waals surface area contributed by atoms with Gasteiger partial charge in [-0.05, 0) is 43.3 Å². The number of amides is 1. The minimum Gasteiger partial charge on any atom is -0.325 e. The highest BCUT2D eigenvalue weighted by Gasteiger charge is 2.13. The summed E-state index contributed by atoms with van der Waals surface area (Å²) in [5.41, 5.74) is 2.74. The minimum atomic E-state index is -0.293. The summed E-state index contributed by atoms with van der Waals surface area (Å²) in [5.74, 6) is 0.399. The monoisotopic (exact) mass is 425 g/mol. The van der Waals surface area contributed by atoms with E-state index in [4.69, 9.17) is 11.6 Å². The Bertz CT molecular complexity index is 1230. The fourth-order valence-electron chi connectivity index (χ4n) is 2.67. The fourth-order valence-corrected chi connectivity index (χ4v) is 3.55. The van der Waals surface area contributed by atoms with Crippen LogP contribution in [0.3, 0.4) is 0 Å². The summed E-state index contributed by atoms with van der Waals surface area (Å²) in [4.78, 5) is 33.1. The van der Waals surface area contributed by atoms with Gasteiger partial charge in [0.05, 0.1) is 5.75 Å². The molecule has 1 amide bonds. The van der Waals surface area contributed by atoms with Crippen LogP contribution in [-0.2, 0) is 4.79 Å². The third-order valence-electron chi connectivity index (χ3n) is 4.09. The number of rotatable bonds is 5. The molecule has 0 aliphatic rings. The zero-order valence-electron chi connectivity index (χ0n) is 15.3. The van der Waals surface area contributed by atoms with Gasteiger partial charge in [-0.15, -0.1) is 0 Å². The molecule has 0 radical (unpaired) electrons. The topological polar surface area (TPSA) is 92.2 Å². The number of nitrogens with zero attached hydrogens (tertiary/aromatic N) is 3. The minimum absolute atomic E-state index is 0.125. The average molecular weight is 426 g/mol. The van der Waals surface area contributed by atoms with Gasteiger partial charge in [-0.2, -0.15) is 0 Å². The molecule has 0 aliphatic heterocycles. The lowest BCUT2D eigenvalue weighted by Gasteiger charge is -2.08. The third-order valence-corrected chi connectivity index (χ3v) is 5.29. The lowest BCUT2D eigenvalue weighted by molar-refractivity contribution is -0.113. The van der Waals surface area contributed by atoms with Gasteiger partial charge in [-0.25, -0.2) is 14.5 Å². The van der Waals surface area contributed by atoms with Crippen LogP contribution in [0.2, 0.25) is 5.02 Å². The van der Waals surface area contributed by atoms with E-state index >= 15 is 0 Å². The first-order valence-corrected chi connectivity index (χ1v) is 10.1. The lowest BCUT2D eigenvalue weighted by Crippen LogP contribution is -2.15. The van der Waals surface area contributed by atoms with Crippen LogP contribution in [0.25, 0.3) is 17.0 Å². The van der Waals surface area contributed by atoms with Crippen molar-refractivity contribution in [2.75, 3.05) is 11.1 Å². The molecule has 29 heavy (non-hydrogen) atoms. The van der Waals surface area contributed by atoms with Crippen molar-refractivity contribution in [3.05, 3.63) is 75.5 Å². The molecule has 0 saturated heterocycles. The van der Waals surface area contributed by atoms with Crippen LogP contribution in [0.15, 0.2) is 64.5 Å². The Morgan fingerprint density at radius 2 is 1.86 bits per heavy atom. The third kappa shape index (κ3) is 4.49. The first kappa shape index (κ1) is 19.2. The zero-order valence-corrected chi connectivity index (χ0v) is 16.9. The van der Waals surface area contributed by atoms with Gasteiger partial charge in [-0.1, -0.05) is 41.1 Å². The number of halogens is 1. The number of anilines is 1. The van der Waals surface area contributed by atoms with E-state index in [0.29, 0.717) is 21.7 Å². The van der Waals surface area contributed by atoms with Crippen molar-refractivity contribution in [3.63, 3.8) is 0 Å². The number of fused-ring (bicyclic) bond motifs is 1. The van der Waals surface area contributed by atoms with E-state index < -0.39 is 0 Å². The van der Waals surface area contributed by atoms with Crippen LogP contribution in [0.1, 0.15) is 5.56 Å². The normalized spacial score (nSPS) is 11.0. The highest BCUT2D eigenvalue weighted by molar-refractivity contribution is 7.99. The van der Waals surface area contributed by atoms with Gasteiger partial charge < -0.3 is 5.32 Å². The van der Waals surface area contributed by atoms with E-state index in [2.05, 4.69) is 20.4 Å². The Balaban J connectivity index is 1.58. The molecule has 0 fully saturated rings. The molecule has 0 spiro atoms. The zero-order chi connectivity index (χ0) is 20.4. The molecule has 0 atom stereocenters. The van der Waals surface area contributed by atoms with Crippen molar-refractivity contribution in [2.45, 2.75) is 12.1 Å². The molecule has 9 heteroatoms. The molecule has 2 aromatic carbocycles. The summed E-state index contributed by atoms with van der Waals surface area (Å²) in [6, 6.07) is 16.0. The number of hydrogen-bond acceptors (Lipinski definition) is 5. The summed E-state index contributed by atoms with van der Waals surface area (Å²) in [6.45, 7) is 1.98.